The number of carbonyl (C=O) groups is 1. The van der Waals surface area contributed by atoms with E-state index in [0.717, 1.165) is 10.0 Å². The molecule has 0 aromatic heterocycles. The molecule has 1 N–H and O–H groups in total. The Morgan fingerprint density at radius 3 is 2.65 bits per heavy atom. The van der Waals surface area contributed by atoms with Crippen LogP contribution in [-0.2, 0) is 14.8 Å². The van der Waals surface area contributed by atoms with E-state index in [1.165, 1.54) is 24.0 Å². The topological polar surface area (TPSA) is 75.7 Å². The lowest BCUT2D eigenvalue weighted by molar-refractivity contribution is -0.117. The van der Waals surface area contributed by atoms with Crippen LogP contribution in [0.3, 0.4) is 0 Å². The number of amides is 1. The third-order valence-electron chi connectivity index (χ3n) is 4.10. The van der Waals surface area contributed by atoms with Gasteiger partial charge in [0.25, 0.3) is 10.0 Å². The average Bonchev–Trinajstić information content (AvgIpc) is 2.56. The summed E-state index contributed by atoms with van der Waals surface area (Å²) < 4.78 is 34.6. The highest BCUT2D eigenvalue weighted by atomic mass is 79.9. The normalized spacial score (nSPS) is 16.6. The van der Waals surface area contributed by atoms with Crippen LogP contribution in [0.4, 0.5) is 11.4 Å². The maximum absolute atomic E-state index is 12.8. The first-order valence-electron chi connectivity index (χ1n) is 8.05. The van der Waals surface area contributed by atoms with Gasteiger partial charge < -0.3 is 9.64 Å². The first kappa shape index (κ1) is 18.7. The van der Waals surface area contributed by atoms with Crippen LogP contribution in [0.2, 0.25) is 0 Å². The Morgan fingerprint density at radius 2 is 2.00 bits per heavy atom. The highest BCUT2D eigenvalue weighted by Crippen LogP contribution is 2.36. The van der Waals surface area contributed by atoms with Crippen molar-refractivity contribution in [2.75, 3.05) is 16.2 Å². The SMILES string of the molecule is CC(=O)N1CC(C)Oc2ccc(S(=O)(=O)Nc3ccc(C)c(Br)c3)cc21. The molecule has 1 heterocycles. The van der Waals surface area contributed by atoms with Crippen molar-refractivity contribution in [3.8, 4) is 5.75 Å². The molecule has 0 bridgehead atoms. The maximum Gasteiger partial charge on any atom is 0.261 e. The highest BCUT2D eigenvalue weighted by molar-refractivity contribution is 9.10. The monoisotopic (exact) mass is 438 g/mol. The standard InChI is InChI=1S/C18H19BrN2O4S/c1-11-4-5-14(8-16(11)19)20-26(23,24)15-6-7-18-17(9-15)21(13(3)22)10-12(2)25-18/h4-9,12,20H,10H2,1-3H3. The summed E-state index contributed by atoms with van der Waals surface area (Å²) in [5.74, 6) is 0.336. The predicted octanol–water partition coefficient (Wildman–Crippen LogP) is 3.69. The van der Waals surface area contributed by atoms with Gasteiger partial charge in [-0.15, -0.1) is 0 Å². The maximum atomic E-state index is 12.8. The van der Waals surface area contributed by atoms with Crippen molar-refractivity contribution < 1.29 is 17.9 Å². The van der Waals surface area contributed by atoms with Crippen LogP contribution in [0.5, 0.6) is 5.75 Å². The highest BCUT2D eigenvalue weighted by Gasteiger charge is 2.28. The number of ether oxygens (including phenoxy) is 1. The second-order valence-corrected chi connectivity index (χ2v) is 8.79. The minimum atomic E-state index is -3.80. The molecule has 1 aliphatic rings. The van der Waals surface area contributed by atoms with Gasteiger partial charge in [-0.2, -0.15) is 0 Å². The number of halogens is 1. The summed E-state index contributed by atoms with van der Waals surface area (Å²) in [6, 6.07) is 9.75. The third kappa shape index (κ3) is 3.71. The van der Waals surface area contributed by atoms with E-state index in [-0.39, 0.29) is 16.9 Å². The van der Waals surface area contributed by atoms with E-state index in [0.29, 0.717) is 23.7 Å². The Bertz CT molecular complexity index is 975. The summed E-state index contributed by atoms with van der Waals surface area (Å²) in [5, 5.41) is 0. The molecule has 0 aliphatic carbocycles. The second-order valence-electron chi connectivity index (χ2n) is 6.26. The zero-order valence-corrected chi connectivity index (χ0v) is 17.0. The van der Waals surface area contributed by atoms with Crippen LogP contribution in [0.25, 0.3) is 0 Å². The Kier molecular flexibility index (Phi) is 4.98. The van der Waals surface area contributed by atoms with Crippen molar-refractivity contribution in [1.82, 2.24) is 0 Å². The Balaban J connectivity index is 1.97. The number of benzene rings is 2. The van der Waals surface area contributed by atoms with Crippen LogP contribution < -0.4 is 14.4 Å². The summed E-state index contributed by atoms with van der Waals surface area (Å²) in [7, 11) is -3.80. The number of anilines is 2. The fourth-order valence-electron chi connectivity index (χ4n) is 2.75. The number of fused-ring (bicyclic) bond motifs is 1. The van der Waals surface area contributed by atoms with E-state index in [1.807, 2.05) is 19.9 Å². The van der Waals surface area contributed by atoms with E-state index in [9.17, 15) is 13.2 Å². The van der Waals surface area contributed by atoms with Gasteiger partial charge in [0.05, 0.1) is 17.1 Å². The van der Waals surface area contributed by atoms with E-state index in [4.69, 9.17) is 4.74 Å². The molecule has 2 aromatic rings. The van der Waals surface area contributed by atoms with Crippen molar-refractivity contribution in [2.45, 2.75) is 31.8 Å². The molecular weight excluding hydrogens is 420 g/mol. The van der Waals surface area contributed by atoms with Crippen molar-refractivity contribution in [3.05, 3.63) is 46.4 Å². The first-order chi connectivity index (χ1) is 12.2. The van der Waals surface area contributed by atoms with Gasteiger partial charge in [-0.05, 0) is 49.7 Å². The van der Waals surface area contributed by atoms with Gasteiger partial charge >= 0.3 is 0 Å². The summed E-state index contributed by atoms with van der Waals surface area (Å²) in [4.78, 5) is 13.5. The van der Waals surface area contributed by atoms with Gasteiger partial charge in [0, 0.05) is 17.1 Å². The van der Waals surface area contributed by atoms with E-state index in [2.05, 4.69) is 20.7 Å². The van der Waals surface area contributed by atoms with E-state index in [1.54, 1.807) is 18.2 Å². The molecule has 0 fully saturated rings. The van der Waals surface area contributed by atoms with Crippen LogP contribution in [-0.4, -0.2) is 27.0 Å². The van der Waals surface area contributed by atoms with Gasteiger partial charge in [0.2, 0.25) is 5.91 Å². The number of rotatable bonds is 3. The zero-order valence-electron chi connectivity index (χ0n) is 14.6. The Hall–Kier alpha value is -2.06. The van der Waals surface area contributed by atoms with Crippen molar-refractivity contribution in [1.29, 1.82) is 0 Å². The number of nitrogens with one attached hydrogen (secondary N) is 1. The molecule has 0 spiro atoms. The lowest BCUT2D eigenvalue weighted by atomic mass is 10.2. The smallest absolute Gasteiger partial charge is 0.261 e. The van der Waals surface area contributed by atoms with Crippen molar-refractivity contribution in [3.63, 3.8) is 0 Å². The molecule has 1 aliphatic heterocycles. The molecule has 6 nitrogen and oxygen atoms in total. The molecule has 0 radical (unpaired) electrons. The van der Waals surface area contributed by atoms with E-state index < -0.39 is 10.0 Å². The van der Waals surface area contributed by atoms with Crippen molar-refractivity contribution >= 4 is 43.2 Å². The second kappa shape index (κ2) is 6.92. The largest absolute Gasteiger partial charge is 0.487 e. The van der Waals surface area contributed by atoms with Crippen molar-refractivity contribution in [2.24, 2.45) is 0 Å². The number of sulfonamides is 1. The average molecular weight is 439 g/mol. The van der Waals surface area contributed by atoms with Gasteiger partial charge in [0.15, 0.2) is 0 Å². The minimum Gasteiger partial charge on any atom is -0.487 e. The lowest BCUT2D eigenvalue weighted by Gasteiger charge is -2.33. The molecule has 1 amide bonds. The number of nitrogens with zero attached hydrogens (tertiary/aromatic N) is 1. The molecular formula is C18H19BrN2O4S. The number of aryl methyl sites for hydroxylation is 1. The molecule has 0 saturated heterocycles. The fourth-order valence-corrected chi connectivity index (χ4v) is 4.20. The first-order valence-corrected chi connectivity index (χ1v) is 10.3. The van der Waals surface area contributed by atoms with Gasteiger partial charge in [-0.1, -0.05) is 22.0 Å². The summed E-state index contributed by atoms with van der Waals surface area (Å²) in [5.41, 5.74) is 1.92. The number of carbonyl (C=O) groups excluding carboxylic acids is 1. The zero-order chi connectivity index (χ0) is 19.1. The van der Waals surface area contributed by atoms with Crippen LogP contribution in [0.1, 0.15) is 19.4 Å². The molecule has 138 valence electrons. The number of hydrogen-bond donors (Lipinski definition) is 1. The third-order valence-corrected chi connectivity index (χ3v) is 6.34. The summed E-state index contributed by atoms with van der Waals surface area (Å²) in [6.07, 6.45) is -0.156. The Morgan fingerprint density at radius 1 is 1.27 bits per heavy atom. The Labute approximate surface area is 161 Å². The van der Waals surface area contributed by atoms with Crippen LogP contribution in [0.15, 0.2) is 45.8 Å². The molecule has 8 heteroatoms. The summed E-state index contributed by atoms with van der Waals surface area (Å²) >= 11 is 3.39. The van der Waals surface area contributed by atoms with Crippen LogP contribution >= 0.6 is 15.9 Å². The van der Waals surface area contributed by atoms with Gasteiger partial charge in [-0.3, -0.25) is 9.52 Å². The predicted molar refractivity (Wildman–Crippen MR) is 104 cm³/mol. The molecule has 26 heavy (non-hydrogen) atoms. The molecule has 0 saturated carbocycles. The molecule has 1 atom stereocenters. The quantitative estimate of drug-likeness (QED) is 0.792. The van der Waals surface area contributed by atoms with Gasteiger partial charge in [0.1, 0.15) is 11.9 Å². The van der Waals surface area contributed by atoms with Gasteiger partial charge in [-0.25, -0.2) is 8.42 Å². The van der Waals surface area contributed by atoms with E-state index >= 15 is 0 Å². The number of hydrogen-bond acceptors (Lipinski definition) is 4. The molecule has 2 aromatic carbocycles. The fraction of sp³-hybridized carbons (Fsp3) is 0.278. The summed E-state index contributed by atoms with van der Waals surface area (Å²) in [6.45, 7) is 5.61. The molecule has 3 rings (SSSR count). The van der Waals surface area contributed by atoms with Crippen LogP contribution in [0, 0.1) is 6.92 Å². The molecule has 1 unspecified atom stereocenters. The lowest BCUT2D eigenvalue weighted by Crippen LogP contribution is -2.41. The minimum absolute atomic E-state index is 0.0670.